The molecule has 0 aliphatic heterocycles. The first-order chi connectivity index (χ1) is 10.5. The second kappa shape index (κ2) is 4.60. The largest absolute Gasteiger partial charge is 0.295 e. The zero-order valence-electron chi connectivity index (χ0n) is 13.8. The second-order valence-corrected chi connectivity index (χ2v) is 8.39. The molecule has 4 aliphatic rings. The Morgan fingerprint density at radius 3 is 2.82 bits per heavy atom. The first-order valence-corrected chi connectivity index (χ1v) is 8.89. The standard InChI is InChI=1S/C21H26O/c1-4-14-6-8-18-17-7-5-15-13-16(22)9-11-21(15,3)19(17)10-12-20(14,18)2/h1,10,13-14,17-18H,5-9,11-12H2,2-3H3/t14-,17+,18+,20-,21+/m1/s1. The molecule has 0 radical (unpaired) electrons. The first kappa shape index (κ1) is 14.3. The highest BCUT2D eigenvalue weighted by Crippen LogP contribution is 2.64. The summed E-state index contributed by atoms with van der Waals surface area (Å²) in [7, 11) is 0. The van der Waals surface area contributed by atoms with E-state index < -0.39 is 0 Å². The van der Waals surface area contributed by atoms with Crippen LogP contribution in [0.2, 0.25) is 0 Å². The molecule has 0 unspecified atom stereocenters. The molecule has 0 heterocycles. The van der Waals surface area contributed by atoms with Crippen molar-refractivity contribution in [1.82, 2.24) is 0 Å². The molecule has 0 aromatic rings. The van der Waals surface area contributed by atoms with Crippen molar-refractivity contribution in [2.24, 2.45) is 28.6 Å². The van der Waals surface area contributed by atoms with E-state index in [0.29, 0.717) is 23.0 Å². The monoisotopic (exact) mass is 294 g/mol. The van der Waals surface area contributed by atoms with Crippen LogP contribution < -0.4 is 0 Å². The van der Waals surface area contributed by atoms with Gasteiger partial charge in [0.15, 0.2) is 5.78 Å². The zero-order chi connectivity index (χ0) is 15.5. The van der Waals surface area contributed by atoms with E-state index >= 15 is 0 Å². The predicted octanol–water partition coefficient (Wildman–Crippen LogP) is 4.69. The van der Waals surface area contributed by atoms with Crippen molar-refractivity contribution < 1.29 is 4.79 Å². The number of terminal acetylenes is 1. The maximum absolute atomic E-state index is 11.8. The molecule has 2 fully saturated rings. The Kier molecular flexibility index (Phi) is 3.00. The van der Waals surface area contributed by atoms with E-state index in [4.69, 9.17) is 6.42 Å². The molecule has 4 rings (SSSR count). The predicted molar refractivity (Wildman–Crippen MR) is 89.0 cm³/mol. The second-order valence-electron chi connectivity index (χ2n) is 8.39. The summed E-state index contributed by atoms with van der Waals surface area (Å²) >= 11 is 0. The van der Waals surface area contributed by atoms with Crippen molar-refractivity contribution in [3.63, 3.8) is 0 Å². The van der Waals surface area contributed by atoms with Gasteiger partial charge in [0.1, 0.15) is 0 Å². The number of allylic oxidation sites excluding steroid dienone is 4. The van der Waals surface area contributed by atoms with Gasteiger partial charge in [-0.1, -0.05) is 31.1 Å². The number of hydrogen-bond acceptors (Lipinski definition) is 1. The van der Waals surface area contributed by atoms with Gasteiger partial charge in [0, 0.05) is 17.8 Å². The van der Waals surface area contributed by atoms with Gasteiger partial charge in [0.25, 0.3) is 0 Å². The molecule has 1 nitrogen and oxygen atoms in total. The quantitative estimate of drug-likeness (QED) is 0.468. The van der Waals surface area contributed by atoms with Gasteiger partial charge in [-0.3, -0.25) is 4.79 Å². The third-order valence-electron chi connectivity index (χ3n) is 7.53. The highest BCUT2D eigenvalue weighted by Gasteiger charge is 2.55. The minimum Gasteiger partial charge on any atom is -0.295 e. The minimum atomic E-state index is 0.159. The van der Waals surface area contributed by atoms with Crippen molar-refractivity contribution in [3.8, 4) is 12.3 Å². The van der Waals surface area contributed by atoms with E-state index in [1.165, 1.54) is 24.8 Å². The molecule has 0 amide bonds. The highest BCUT2D eigenvalue weighted by atomic mass is 16.1. The van der Waals surface area contributed by atoms with Crippen LogP contribution >= 0.6 is 0 Å². The number of hydrogen-bond donors (Lipinski definition) is 0. The molecule has 0 saturated heterocycles. The molecule has 4 aliphatic carbocycles. The molecule has 0 N–H and O–H groups in total. The maximum atomic E-state index is 11.8. The Labute approximate surface area is 134 Å². The van der Waals surface area contributed by atoms with Crippen LogP contribution in [-0.2, 0) is 4.79 Å². The van der Waals surface area contributed by atoms with Crippen molar-refractivity contribution in [3.05, 3.63) is 23.3 Å². The molecular weight excluding hydrogens is 268 g/mol. The van der Waals surface area contributed by atoms with Gasteiger partial charge in [-0.25, -0.2) is 0 Å². The molecule has 1 heteroatoms. The lowest BCUT2D eigenvalue weighted by atomic mass is 9.51. The van der Waals surface area contributed by atoms with Crippen LogP contribution in [0.3, 0.4) is 0 Å². The summed E-state index contributed by atoms with van der Waals surface area (Å²) in [6.07, 6.45) is 18.0. The first-order valence-electron chi connectivity index (χ1n) is 8.89. The van der Waals surface area contributed by atoms with E-state index in [2.05, 4.69) is 25.8 Å². The Morgan fingerprint density at radius 2 is 2.05 bits per heavy atom. The van der Waals surface area contributed by atoms with Crippen molar-refractivity contribution in [2.45, 2.75) is 58.8 Å². The van der Waals surface area contributed by atoms with Crippen molar-refractivity contribution in [1.29, 1.82) is 0 Å². The smallest absolute Gasteiger partial charge is 0.155 e. The lowest BCUT2D eigenvalue weighted by Crippen LogP contribution is -2.44. The Bertz CT molecular complexity index is 631. The normalized spacial score (nSPS) is 46.8. The van der Waals surface area contributed by atoms with E-state index in [9.17, 15) is 4.79 Å². The van der Waals surface area contributed by atoms with Crippen LogP contribution in [0.25, 0.3) is 0 Å². The molecule has 0 aromatic carbocycles. The minimum absolute atomic E-state index is 0.159. The fourth-order valence-electron chi connectivity index (χ4n) is 6.13. The van der Waals surface area contributed by atoms with Crippen LogP contribution in [-0.4, -0.2) is 5.78 Å². The lowest BCUT2D eigenvalue weighted by Gasteiger charge is -2.53. The molecule has 22 heavy (non-hydrogen) atoms. The summed E-state index contributed by atoms with van der Waals surface area (Å²) in [4.78, 5) is 11.8. The fraction of sp³-hybridized carbons (Fsp3) is 0.667. The van der Waals surface area contributed by atoms with Crippen LogP contribution in [0.5, 0.6) is 0 Å². The summed E-state index contributed by atoms with van der Waals surface area (Å²) in [5, 5.41) is 0. The Hall–Kier alpha value is -1.29. The number of rotatable bonds is 0. The third-order valence-corrected chi connectivity index (χ3v) is 7.53. The molecule has 116 valence electrons. The highest BCUT2D eigenvalue weighted by molar-refractivity contribution is 5.92. The van der Waals surface area contributed by atoms with Crippen molar-refractivity contribution in [2.75, 3.05) is 0 Å². The molecule has 0 bridgehead atoms. The fourth-order valence-corrected chi connectivity index (χ4v) is 6.13. The van der Waals surface area contributed by atoms with Gasteiger partial charge in [-0.05, 0) is 61.9 Å². The van der Waals surface area contributed by atoms with Gasteiger partial charge in [-0.15, -0.1) is 12.3 Å². The van der Waals surface area contributed by atoms with E-state index in [1.807, 2.05) is 6.08 Å². The van der Waals surface area contributed by atoms with Crippen molar-refractivity contribution >= 4 is 5.78 Å². The third kappa shape index (κ3) is 1.70. The molecule has 2 saturated carbocycles. The van der Waals surface area contributed by atoms with Crippen LogP contribution in [0.4, 0.5) is 0 Å². The number of carbonyl (C=O) groups excluding carboxylic acids is 1. The zero-order valence-corrected chi connectivity index (χ0v) is 13.8. The van der Waals surface area contributed by atoms with Crippen LogP contribution in [0.1, 0.15) is 58.8 Å². The van der Waals surface area contributed by atoms with Gasteiger partial charge >= 0.3 is 0 Å². The lowest BCUT2D eigenvalue weighted by molar-refractivity contribution is -0.115. The summed E-state index contributed by atoms with van der Waals surface area (Å²) in [5.74, 6) is 5.33. The molecule has 0 aromatic heterocycles. The Balaban J connectivity index is 1.76. The summed E-state index contributed by atoms with van der Waals surface area (Å²) in [5.41, 5.74) is 3.52. The topological polar surface area (TPSA) is 17.1 Å². The summed E-state index contributed by atoms with van der Waals surface area (Å²) in [6, 6.07) is 0. The van der Waals surface area contributed by atoms with E-state index in [1.54, 1.807) is 5.57 Å². The Morgan fingerprint density at radius 1 is 1.23 bits per heavy atom. The number of carbonyl (C=O) groups is 1. The van der Waals surface area contributed by atoms with E-state index in [-0.39, 0.29) is 5.41 Å². The van der Waals surface area contributed by atoms with Gasteiger partial charge < -0.3 is 0 Å². The van der Waals surface area contributed by atoms with E-state index in [0.717, 1.165) is 31.6 Å². The maximum Gasteiger partial charge on any atom is 0.155 e. The van der Waals surface area contributed by atoms with Gasteiger partial charge in [0.2, 0.25) is 0 Å². The van der Waals surface area contributed by atoms with Crippen LogP contribution in [0, 0.1) is 40.9 Å². The van der Waals surface area contributed by atoms with Gasteiger partial charge in [-0.2, -0.15) is 0 Å². The summed E-state index contributed by atoms with van der Waals surface area (Å²) in [6.45, 7) is 4.82. The van der Waals surface area contributed by atoms with Gasteiger partial charge in [0.05, 0.1) is 0 Å². The number of ketones is 1. The van der Waals surface area contributed by atoms with Crippen LogP contribution in [0.15, 0.2) is 23.3 Å². The molecular formula is C21H26O. The summed E-state index contributed by atoms with van der Waals surface area (Å²) < 4.78 is 0. The SMILES string of the molecule is C#C[C@@H]1CC[C@H]2[C@@H]3CCC4=CC(=O)CC[C@]4(C)C3=CC[C@]12C. The molecule has 0 spiro atoms. The average Bonchev–Trinajstić information content (AvgIpc) is 2.84. The average molecular weight is 294 g/mol. The molecule has 5 atom stereocenters. The number of fused-ring (bicyclic) bond motifs is 5.